The highest BCUT2D eigenvalue weighted by Gasteiger charge is 2.26. The molecule has 4 aromatic heterocycles. The lowest BCUT2D eigenvalue weighted by Crippen LogP contribution is -2.06. The maximum atomic E-state index is 11.5. The second kappa shape index (κ2) is 6.91. The summed E-state index contributed by atoms with van der Waals surface area (Å²) in [6.45, 7) is 4.93. The Labute approximate surface area is 173 Å². The molecule has 0 saturated heterocycles. The SMILES string of the molecule is Cc1cc(C)nc(-c2nn3c(c2-c2ccc4ncnn4c2/C=C/C(N)=O)CCC3)c1. The van der Waals surface area contributed by atoms with E-state index in [4.69, 9.17) is 15.8 Å². The number of rotatable bonds is 4. The molecule has 0 aromatic carbocycles. The summed E-state index contributed by atoms with van der Waals surface area (Å²) in [6, 6.07) is 8.03. The minimum atomic E-state index is -0.519. The number of nitrogens with zero attached hydrogens (tertiary/aromatic N) is 6. The van der Waals surface area contributed by atoms with Crippen LogP contribution in [-0.4, -0.2) is 35.3 Å². The third-order valence-electron chi connectivity index (χ3n) is 5.33. The van der Waals surface area contributed by atoms with E-state index in [0.29, 0.717) is 5.65 Å². The smallest absolute Gasteiger partial charge is 0.241 e. The summed E-state index contributed by atoms with van der Waals surface area (Å²) in [5.41, 5.74) is 13.7. The van der Waals surface area contributed by atoms with Crippen LogP contribution in [0.3, 0.4) is 0 Å². The van der Waals surface area contributed by atoms with Crippen molar-refractivity contribution in [2.45, 2.75) is 33.2 Å². The first-order chi connectivity index (χ1) is 14.5. The highest BCUT2D eigenvalue weighted by Crippen LogP contribution is 2.39. The van der Waals surface area contributed by atoms with Gasteiger partial charge in [0, 0.05) is 35.1 Å². The Morgan fingerprint density at radius 2 is 2.10 bits per heavy atom. The second-order valence-electron chi connectivity index (χ2n) is 7.57. The maximum absolute atomic E-state index is 11.5. The molecule has 0 radical (unpaired) electrons. The monoisotopic (exact) mass is 399 g/mol. The largest absolute Gasteiger partial charge is 0.366 e. The maximum Gasteiger partial charge on any atom is 0.241 e. The Balaban J connectivity index is 1.82. The number of carbonyl (C=O) groups excluding carboxylic acids is 1. The Morgan fingerprint density at radius 1 is 1.23 bits per heavy atom. The van der Waals surface area contributed by atoms with E-state index in [9.17, 15) is 4.79 Å². The Kier molecular flexibility index (Phi) is 4.20. The highest BCUT2D eigenvalue weighted by molar-refractivity contribution is 5.93. The van der Waals surface area contributed by atoms with Crippen LogP contribution in [0.25, 0.3) is 34.2 Å². The van der Waals surface area contributed by atoms with Crippen molar-refractivity contribution in [3.63, 3.8) is 0 Å². The molecule has 150 valence electrons. The third-order valence-corrected chi connectivity index (χ3v) is 5.33. The van der Waals surface area contributed by atoms with E-state index in [1.54, 1.807) is 10.6 Å². The summed E-state index contributed by atoms with van der Waals surface area (Å²) in [5.74, 6) is -0.519. The van der Waals surface area contributed by atoms with Crippen LogP contribution in [0.4, 0.5) is 0 Å². The molecule has 8 heteroatoms. The molecule has 0 bridgehead atoms. The van der Waals surface area contributed by atoms with Crippen molar-refractivity contribution in [3.05, 3.63) is 59.3 Å². The van der Waals surface area contributed by atoms with Gasteiger partial charge in [-0.25, -0.2) is 9.50 Å². The van der Waals surface area contributed by atoms with Gasteiger partial charge in [0.05, 0.1) is 11.4 Å². The van der Waals surface area contributed by atoms with Gasteiger partial charge in [-0.15, -0.1) is 0 Å². The number of primary amides is 1. The van der Waals surface area contributed by atoms with Crippen LogP contribution in [0.2, 0.25) is 0 Å². The van der Waals surface area contributed by atoms with Crippen molar-refractivity contribution in [1.82, 2.24) is 29.4 Å². The first-order valence-electron chi connectivity index (χ1n) is 9.87. The van der Waals surface area contributed by atoms with E-state index in [1.807, 2.05) is 19.1 Å². The number of carbonyl (C=O) groups is 1. The summed E-state index contributed by atoms with van der Waals surface area (Å²) < 4.78 is 3.78. The van der Waals surface area contributed by atoms with Crippen LogP contribution in [0.1, 0.15) is 29.1 Å². The zero-order valence-corrected chi connectivity index (χ0v) is 16.8. The molecule has 1 amide bonds. The molecule has 0 fully saturated rings. The van der Waals surface area contributed by atoms with Crippen LogP contribution >= 0.6 is 0 Å². The fourth-order valence-electron chi connectivity index (χ4n) is 4.20. The first-order valence-corrected chi connectivity index (χ1v) is 9.87. The summed E-state index contributed by atoms with van der Waals surface area (Å²) in [7, 11) is 0. The van der Waals surface area contributed by atoms with Gasteiger partial charge in [-0.05, 0) is 62.6 Å². The van der Waals surface area contributed by atoms with Crippen molar-refractivity contribution in [2.75, 3.05) is 0 Å². The first kappa shape index (κ1) is 18.2. The van der Waals surface area contributed by atoms with Gasteiger partial charge >= 0.3 is 0 Å². The molecule has 0 atom stereocenters. The number of amides is 1. The van der Waals surface area contributed by atoms with Gasteiger partial charge in [-0.1, -0.05) is 0 Å². The molecule has 8 nitrogen and oxygen atoms in total. The number of nitrogens with two attached hydrogens (primary N) is 1. The zero-order valence-electron chi connectivity index (χ0n) is 16.8. The Bertz CT molecular complexity index is 1310. The Hall–Kier alpha value is -3.81. The van der Waals surface area contributed by atoms with Gasteiger partial charge in [-0.3, -0.25) is 14.5 Å². The molecular formula is C22H21N7O. The molecule has 0 unspecified atom stereocenters. The van der Waals surface area contributed by atoms with Crippen LogP contribution in [-0.2, 0) is 17.8 Å². The van der Waals surface area contributed by atoms with E-state index in [1.165, 1.54) is 18.1 Å². The predicted molar refractivity (Wildman–Crippen MR) is 113 cm³/mol. The molecule has 0 spiro atoms. The second-order valence-corrected chi connectivity index (χ2v) is 7.57. The van der Waals surface area contributed by atoms with Crippen molar-refractivity contribution in [3.8, 4) is 22.5 Å². The normalized spacial score (nSPS) is 13.4. The number of hydrogen-bond acceptors (Lipinski definition) is 5. The topological polar surface area (TPSA) is 104 Å². The molecule has 1 aliphatic rings. The lowest BCUT2D eigenvalue weighted by atomic mass is 9.97. The summed E-state index contributed by atoms with van der Waals surface area (Å²) in [6.07, 6.45) is 6.51. The summed E-state index contributed by atoms with van der Waals surface area (Å²) in [5, 5.41) is 9.27. The van der Waals surface area contributed by atoms with Crippen molar-refractivity contribution >= 4 is 17.6 Å². The number of hydrogen-bond donors (Lipinski definition) is 1. The van der Waals surface area contributed by atoms with E-state index in [0.717, 1.165) is 58.9 Å². The lowest BCUT2D eigenvalue weighted by Gasteiger charge is -2.11. The van der Waals surface area contributed by atoms with Crippen LogP contribution < -0.4 is 5.73 Å². The standard InChI is InChI=1S/C22H21N7O/c1-13-10-14(2)26-16(11-13)22-21(18-4-3-9-28(18)27-22)15-5-8-20-24-12-25-29(20)17(15)6-7-19(23)30/h5-8,10-12H,3-4,9H2,1-2H3,(H2,23,30)/b7-6+. The van der Waals surface area contributed by atoms with E-state index in [2.05, 4.69) is 33.8 Å². The molecule has 5 heterocycles. The van der Waals surface area contributed by atoms with Gasteiger partial charge in [-0.2, -0.15) is 10.2 Å². The van der Waals surface area contributed by atoms with E-state index in [-0.39, 0.29) is 0 Å². The molecule has 1 aliphatic heterocycles. The average molecular weight is 399 g/mol. The highest BCUT2D eigenvalue weighted by atomic mass is 16.1. The average Bonchev–Trinajstić information content (AvgIpc) is 3.40. The fraction of sp³-hybridized carbons (Fsp3) is 0.227. The van der Waals surface area contributed by atoms with Crippen LogP contribution in [0.5, 0.6) is 0 Å². The van der Waals surface area contributed by atoms with Gasteiger partial charge in [0.15, 0.2) is 5.65 Å². The number of pyridine rings is 2. The molecule has 2 N–H and O–H groups in total. The summed E-state index contributed by atoms with van der Waals surface area (Å²) in [4.78, 5) is 20.5. The molecule has 4 aromatic rings. The Morgan fingerprint density at radius 3 is 2.90 bits per heavy atom. The number of fused-ring (bicyclic) bond motifs is 2. The van der Waals surface area contributed by atoms with Gasteiger partial charge in [0.1, 0.15) is 12.0 Å². The van der Waals surface area contributed by atoms with Crippen LogP contribution in [0.15, 0.2) is 36.7 Å². The molecule has 0 saturated carbocycles. The molecule has 0 aliphatic carbocycles. The van der Waals surface area contributed by atoms with Gasteiger partial charge in [0.2, 0.25) is 5.91 Å². The lowest BCUT2D eigenvalue weighted by molar-refractivity contribution is -0.113. The van der Waals surface area contributed by atoms with Crippen molar-refractivity contribution in [1.29, 1.82) is 0 Å². The predicted octanol–water partition coefficient (Wildman–Crippen LogP) is 2.72. The molecule has 30 heavy (non-hydrogen) atoms. The van der Waals surface area contributed by atoms with E-state index < -0.39 is 5.91 Å². The quantitative estimate of drug-likeness (QED) is 0.531. The summed E-state index contributed by atoms with van der Waals surface area (Å²) >= 11 is 0. The third kappa shape index (κ3) is 2.97. The molecular weight excluding hydrogens is 378 g/mol. The van der Waals surface area contributed by atoms with Crippen molar-refractivity contribution < 1.29 is 4.79 Å². The number of aryl methyl sites for hydroxylation is 3. The van der Waals surface area contributed by atoms with Crippen LogP contribution in [0, 0.1) is 13.8 Å². The molecule has 5 rings (SSSR count). The van der Waals surface area contributed by atoms with E-state index >= 15 is 0 Å². The van der Waals surface area contributed by atoms with Gasteiger partial charge < -0.3 is 5.73 Å². The minimum Gasteiger partial charge on any atom is -0.366 e. The number of aromatic nitrogens is 6. The van der Waals surface area contributed by atoms with Crippen molar-refractivity contribution in [2.24, 2.45) is 5.73 Å². The fourth-order valence-corrected chi connectivity index (χ4v) is 4.20. The minimum absolute atomic E-state index is 0.519. The zero-order chi connectivity index (χ0) is 20.8. The van der Waals surface area contributed by atoms with Gasteiger partial charge in [0.25, 0.3) is 0 Å².